The molecule has 0 spiro atoms. The van der Waals surface area contributed by atoms with Crippen LogP contribution < -0.4 is 5.32 Å². The highest BCUT2D eigenvalue weighted by molar-refractivity contribution is 5.86. The van der Waals surface area contributed by atoms with E-state index < -0.39 is 0 Å². The van der Waals surface area contributed by atoms with Crippen LogP contribution in [0.3, 0.4) is 0 Å². The SMILES string of the molecule is C[C@@H]1CCC[C@H](Nc2ncnc3c2cnn3C)C1. The van der Waals surface area contributed by atoms with Gasteiger partial charge in [-0.05, 0) is 18.8 Å². The molecule has 5 nitrogen and oxygen atoms in total. The molecule has 0 saturated heterocycles. The molecule has 2 atom stereocenters. The van der Waals surface area contributed by atoms with Crippen LogP contribution in [-0.2, 0) is 7.05 Å². The molecule has 2 aromatic rings. The van der Waals surface area contributed by atoms with Crippen molar-refractivity contribution in [1.29, 1.82) is 0 Å². The van der Waals surface area contributed by atoms with E-state index in [0.717, 1.165) is 22.8 Å². The first-order valence-electron chi connectivity index (χ1n) is 6.63. The molecule has 2 heterocycles. The van der Waals surface area contributed by atoms with Gasteiger partial charge >= 0.3 is 0 Å². The molecular weight excluding hydrogens is 226 g/mol. The Balaban J connectivity index is 1.86. The molecule has 0 aromatic carbocycles. The Morgan fingerprint density at radius 1 is 1.33 bits per heavy atom. The van der Waals surface area contributed by atoms with Crippen LogP contribution in [0.5, 0.6) is 0 Å². The van der Waals surface area contributed by atoms with E-state index in [1.54, 1.807) is 11.0 Å². The van der Waals surface area contributed by atoms with E-state index in [0.29, 0.717) is 6.04 Å². The number of nitrogens with one attached hydrogen (secondary N) is 1. The van der Waals surface area contributed by atoms with Crippen LogP contribution in [-0.4, -0.2) is 25.8 Å². The summed E-state index contributed by atoms with van der Waals surface area (Å²) in [6.07, 6.45) is 8.56. The van der Waals surface area contributed by atoms with Gasteiger partial charge in [0.05, 0.1) is 11.6 Å². The van der Waals surface area contributed by atoms with Gasteiger partial charge in [0.25, 0.3) is 0 Å². The highest BCUT2D eigenvalue weighted by Crippen LogP contribution is 2.27. The fourth-order valence-corrected chi connectivity index (χ4v) is 2.84. The lowest BCUT2D eigenvalue weighted by Crippen LogP contribution is -2.26. The minimum atomic E-state index is 0.534. The summed E-state index contributed by atoms with van der Waals surface area (Å²) in [7, 11) is 1.90. The second kappa shape index (κ2) is 4.55. The van der Waals surface area contributed by atoms with Gasteiger partial charge < -0.3 is 5.32 Å². The molecule has 1 aliphatic rings. The van der Waals surface area contributed by atoms with Crippen LogP contribution in [0.4, 0.5) is 5.82 Å². The molecule has 5 heteroatoms. The monoisotopic (exact) mass is 245 g/mol. The topological polar surface area (TPSA) is 55.6 Å². The third-order valence-corrected chi connectivity index (χ3v) is 3.81. The third kappa shape index (κ3) is 2.05. The number of nitrogens with zero attached hydrogens (tertiary/aromatic N) is 4. The number of fused-ring (bicyclic) bond motifs is 1. The number of hydrogen-bond donors (Lipinski definition) is 1. The first kappa shape index (κ1) is 11.4. The minimum absolute atomic E-state index is 0.534. The van der Waals surface area contributed by atoms with Crippen molar-refractivity contribution in [2.45, 2.75) is 38.6 Å². The molecule has 1 saturated carbocycles. The Bertz CT molecular complexity index is 547. The second-order valence-corrected chi connectivity index (χ2v) is 5.34. The van der Waals surface area contributed by atoms with Crippen molar-refractivity contribution in [3.8, 4) is 0 Å². The quantitative estimate of drug-likeness (QED) is 0.882. The lowest BCUT2D eigenvalue weighted by Gasteiger charge is -2.27. The van der Waals surface area contributed by atoms with Crippen molar-refractivity contribution < 1.29 is 0 Å². The minimum Gasteiger partial charge on any atom is -0.367 e. The van der Waals surface area contributed by atoms with E-state index in [2.05, 4.69) is 27.3 Å². The summed E-state index contributed by atoms with van der Waals surface area (Å²) in [6.45, 7) is 2.33. The Morgan fingerprint density at radius 2 is 2.22 bits per heavy atom. The van der Waals surface area contributed by atoms with Crippen LogP contribution in [0.1, 0.15) is 32.6 Å². The highest BCUT2D eigenvalue weighted by atomic mass is 15.3. The van der Waals surface area contributed by atoms with E-state index in [9.17, 15) is 0 Å². The number of hydrogen-bond acceptors (Lipinski definition) is 4. The summed E-state index contributed by atoms with van der Waals surface area (Å²) < 4.78 is 1.78. The molecule has 3 rings (SSSR count). The summed E-state index contributed by atoms with van der Waals surface area (Å²) in [6, 6.07) is 0.534. The number of aryl methyl sites for hydroxylation is 1. The lowest BCUT2D eigenvalue weighted by molar-refractivity contribution is 0.358. The summed E-state index contributed by atoms with van der Waals surface area (Å²) >= 11 is 0. The van der Waals surface area contributed by atoms with E-state index in [1.807, 2.05) is 13.2 Å². The first-order chi connectivity index (χ1) is 8.74. The summed E-state index contributed by atoms with van der Waals surface area (Å²) in [5.74, 6) is 1.73. The van der Waals surface area contributed by atoms with Crippen molar-refractivity contribution in [2.75, 3.05) is 5.32 Å². The smallest absolute Gasteiger partial charge is 0.163 e. The fourth-order valence-electron chi connectivity index (χ4n) is 2.84. The number of rotatable bonds is 2. The van der Waals surface area contributed by atoms with Gasteiger partial charge in [0, 0.05) is 13.1 Å². The average Bonchev–Trinajstić information content (AvgIpc) is 2.73. The molecule has 96 valence electrons. The zero-order chi connectivity index (χ0) is 12.5. The molecule has 1 N–H and O–H groups in total. The molecule has 1 fully saturated rings. The van der Waals surface area contributed by atoms with Crippen LogP contribution in [0, 0.1) is 5.92 Å². The van der Waals surface area contributed by atoms with Crippen LogP contribution in [0.25, 0.3) is 11.0 Å². The first-order valence-corrected chi connectivity index (χ1v) is 6.63. The zero-order valence-electron chi connectivity index (χ0n) is 10.9. The second-order valence-electron chi connectivity index (χ2n) is 5.34. The van der Waals surface area contributed by atoms with Crippen molar-refractivity contribution >= 4 is 16.9 Å². The maximum atomic E-state index is 4.36. The van der Waals surface area contributed by atoms with Gasteiger partial charge in [-0.3, -0.25) is 4.68 Å². The van der Waals surface area contributed by atoms with Crippen LogP contribution in [0.2, 0.25) is 0 Å². The Morgan fingerprint density at radius 3 is 3.06 bits per heavy atom. The van der Waals surface area contributed by atoms with Gasteiger partial charge in [-0.25, -0.2) is 9.97 Å². The lowest BCUT2D eigenvalue weighted by atomic mass is 9.87. The maximum absolute atomic E-state index is 4.36. The van der Waals surface area contributed by atoms with Gasteiger partial charge in [-0.2, -0.15) is 5.10 Å². The van der Waals surface area contributed by atoms with E-state index in [1.165, 1.54) is 25.7 Å². The maximum Gasteiger partial charge on any atom is 0.163 e. The summed E-state index contributed by atoms with van der Waals surface area (Å²) in [4.78, 5) is 8.62. The van der Waals surface area contributed by atoms with Crippen molar-refractivity contribution in [2.24, 2.45) is 13.0 Å². The standard InChI is InChI=1S/C13H19N5/c1-9-4-3-5-10(6-9)17-12-11-7-16-18(2)13(11)15-8-14-12/h7-10H,3-6H2,1-2H3,(H,14,15,17)/t9-,10+/m1/s1. The molecule has 1 aliphatic carbocycles. The van der Waals surface area contributed by atoms with Crippen LogP contribution in [0.15, 0.2) is 12.5 Å². The van der Waals surface area contributed by atoms with Gasteiger partial charge in [-0.15, -0.1) is 0 Å². The average molecular weight is 245 g/mol. The molecule has 0 aliphatic heterocycles. The molecule has 2 aromatic heterocycles. The van der Waals surface area contributed by atoms with E-state index >= 15 is 0 Å². The predicted molar refractivity (Wildman–Crippen MR) is 71.3 cm³/mol. The molecular formula is C13H19N5. The third-order valence-electron chi connectivity index (χ3n) is 3.81. The number of aromatic nitrogens is 4. The molecule has 0 unspecified atom stereocenters. The molecule has 0 bridgehead atoms. The predicted octanol–water partition coefficient (Wildman–Crippen LogP) is 2.35. The Labute approximate surface area is 107 Å². The summed E-state index contributed by atoms with van der Waals surface area (Å²) in [5, 5.41) is 8.81. The van der Waals surface area contributed by atoms with Gasteiger partial charge in [0.15, 0.2) is 5.65 Å². The Hall–Kier alpha value is -1.65. The fraction of sp³-hybridized carbons (Fsp3) is 0.615. The normalized spacial score (nSPS) is 24.3. The van der Waals surface area contributed by atoms with Gasteiger partial charge in [0.2, 0.25) is 0 Å². The van der Waals surface area contributed by atoms with Crippen molar-refractivity contribution in [3.63, 3.8) is 0 Å². The molecule has 0 radical (unpaired) electrons. The van der Waals surface area contributed by atoms with Gasteiger partial charge in [-0.1, -0.05) is 19.8 Å². The molecule has 0 amide bonds. The van der Waals surface area contributed by atoms with E-state index in [-0.39, 0.29) is 0 Å². The van der Waals surface area contributed by atoms with Crippen LogP contribution >= 0.6 is 0 Å². The largest absolute Gasteiger partial charge is 0.367 e. The highest BCUT2D eigenvalue weighted by Gasteiger charge is 2.20. The Kier molecular flexibility index (Phi) is 2.89. The van der Waals surface area contributed by atoms with Crippen molar-refractivity contribution in [1.82, 2.24) is 19.7 Å². The van der Waals surface area contributed by atoms with Gasteiger partial charge in [0.1, 0.15) is 12.1 Å². The van der Waals surface area contributed by atoms with E-state index in [4.69, 9.17) is 0 Å². The molecule has 18 heavy (non-hydrogen) atoms. The van der Waals surface area contributed by atoms with Crippen molar-refractivity contribution in [3.05, 3.63) is 12.5 Å². The zero-order valence-corrected chi connectivity index (χ0v) is 10.9. The summed E-state index contributed by atoms with van der Waals surface area (Å²) in [5.41, 5.74) is 0.886. The number of anilines is 1.